The highest BCUT2D eigenvalue weighted by Gasteiger charge is 2.22. The van der Waals surface area contributed by atoms with Crippen molar-refractivity contribution in [2.24, 2.45) is 4.99 Å². The number of rotatable bonds is 6. The third-order valence-electron chi connectivity index (χ3n) is 5.06. The minimum absolute atomic E-state index is 0.370. The van der Waals surface area contributed by atoms with Gasteiger partial charge in [-0.1, -0.05) is 35.4 Å². The van der Waals surface area contributed by atoms with E-state index in [1.807, 2.05) is 12.1 Å². The molecule has 0 bridgehead atoms. The number of anilines is 1. The molecule has 0 spiro atoms. The van der Waals surface area contributed by atoms with Crippen molar-refractivity contribution in [3.8, 4) is 0 Å². The van der Waals surface area contributed by atoms with Crippen molar-refractivity contribution in [2.75, 3.05) is 44.3 Å². The minimum atomic E-state index is 0.370. The predicted molar refractivity (Wildman–Crippen MR) is 114 cm³/mol. The molecule has 0 amide bonds. The van der Waals surface area contributed by atoms with Crippen LogP contribution < -0.4 is 15.5 Å². The molecule has 27 heavy (non-hydrogen) atoms. The molecule has 5 nitrogen and oxygen atoms in total. The van der Waals surface area contributed by atoms with Crippen molar-refractivity contribution in [3.63, 3.8) is 0 Å². The summed E-state index contributed by atoms with van der Waals surface area (Å²) in [5.74, 6) is 0.913. The summed E-state index contributed by atoms with van der Waals surface area (Å²) in [6.07, 6.45) is 6.54. The van der Waals surface area contributed by atoms with Crippen LogP contribution in [-0.4, -0.2) is 51.4 Å². The van der Waals surface area contributed by atoms with Gasteiger partial charge in [-0.05, 0) is 44.7 Å². The van der Waals surface area contributed by atoms with Gasteiger partial charge >= 0.3 is 0 Å². The zero-order valence-corrected chi connectivity index (χ0v) is 17.0. The van der Waals surface area contributed by atoms with Gasteiger partial charge < -0.3 is 20.3 Å². The quantitative estimate of drug-likeness (QED) is 0.442. The fourth-order valence-electron chi connectivity index (χ4n) is 3.64. The van der Waals surface area contributed by atoms with Crippen LogP contribution in [0.1, 0.15) is 32.6 Å². The Kier molecular flexibility index (Phi) is 7.84. The Hall–Kier alpha value is -1.72. The molecule has 2 heterocycles. The maximum Gasteiger partial charge on any atom is 0.191 e. The molecule has 148 valence electrons. The lowest BCUT2D eigenvalue weighted by Crippen LogP contribution is -2.51. The molecule has 2 N–H and O–H groups in total. The van der Waals surface area contributed by atoms with Crippen molar-refractivity contribution in [1.29, 1.82) is 0 Å². The van der Waals surface area contributed by atoms with Crippen LogP contribution in [0.5, 0.6) is 0 Å². The lowest BCUT2D eigenvalue weighted by Gasteiger charge is -2.35. The predicted octanol–water partition coefficient (Wildman–Crippen LogP) is 3.60. The van der Waals surface area contributed by atoms with Crippen molar-refractivity contribution < 1.29 is 4.74 Å². The SMILES string of the molecule is CCNC(=NCCC1=CCOCC1)NC1CCCN(c2ccccc2Cl)C1. The number of hydrogen-bond donors (Lipinski definition) is 2. The maximum absolute atomic E-state index is 6.39. The van der Waals surface area contributed by atoms with Crippen LogP contribution in [0, 0.1) is 0 Å². The van der Waals surface area contributed by atoms with E-state index in [9.17, 15) is 0 Å². The van der Waals surface area contributed by atoms with Crippen LogP contribution >= 0.6 is 11.6 Å². The summed E-state index contributed by atoms with van der Waals surface area (Å²) in [6.45, 7) is 7.36. The summed E-state index contributed by atoms with van der Waals surface area (Å²) >= 11 is 6.39. The number of guanidine groups is 1. The molecule has 3 rings (SSSR count). The Morgan fingerprint density at radius 1 is 1.37 bits per heavy atom. The third-order valence-corrected chi connectivity index (χ3v) is 5.38. The van der Waals surface area contributed by atoms with Gasteiger partial charge in [0.25, 0.3) is 0 Å². The molecular weight excluding hydrogens is 360 g/mol. The summed E-state index contributed by atoms with van der Waals surface area (Å²) in [5, 5.41) is 7.83. The first kappa shape index (κ1) is 20.0. The lowest BCUT2D eigenvalue weighted by molar-refractivity contribution is 0.153. The molecule has 0 radical (unpaired) electrons. The van der Waals surface area contributed by atoms with Crippen LogP contribution in [0.25, 0.3) is 0 Å². The highest BCUT2D eigenvalue weighted by Crippen LogP contribution is 2.27. The molecule has 0 aliphatic carbocycles. The first-order chi connectivity index (χ1) is 13.3. The van der Waals surface area contributed by atoms with Crippen LogP contribution in [0.15, 0.2) is 40.9 Å². The van der Waals surface area contributed by atoms with Crippen LogP contribution in [0.2, 0.25) is 5.02 Å². The van der Waals surface area contributed by atoms with Gasteiger partial charge in [-0.25, -0.2) is 0 Å². The Labute approximate surface area is 167 Å². The molecule has 1 aromatic carbocycles. The number of aliphatic imine (C=N–C) groups is 1. The lowest BCUT2D eigenvalue weighted by atomic mass is 10.0. The summed E-state index contributed by atoms with van der Waals surface area (Å²) in [7, 11) is 0. The minimum Gasteiger partial charge on any atom is -0.377 e. The highest BCUT2D eigenvalue weighted by atomic mass is 35.5. The Bertz CT molecular complexity index is 661. The second kappa shape index (κ2) is 10.6. The second-order valence-corrected chi connectivity index (χ2v) is 7.49. The van der Waals surface area contributed by atoms with E-state index < -0.39 is 0 Å². The molecule has 2 aliphatic rings. The number of hydrogen-bond acceptors (Lipinski definition) is 3. The molecule has 1 saturated heterocycles. The summed E-state index contributed by atoms with van der Waals surface area (Å²) < 4.78 is 5.37. The molecule has 6 heteroatoms. The molecule has 0 aromatic heterocycles. The summed E-state index contributed by atoms with van der Waals surface area (Å²) in [4.78, 5) is 7.16. The maximum atomic E-state index is 6.39. The van der Waals surface area contributed by atoms with Crippen LogP contribution in [0.4, 0.5) is 5.69 Å². The van der Waals surface area contributed by atoms with E-state index in [0.29, 0.717) is 6.04 Å². The Morgan fingerprint density at radius 3 is 3.04 bits per heavy atom. The zero-order chi connectivity index (χ0) is 18.9. The summed E-state index contributed by atoms with van der Waals surface area (Å²) in [6, 6.07) is 8.47. The van der Waals surface area contributed by atoms with Crippen molar-refractivity contribution in [2.45, 2.75) is 38.6 Å². The van der Waals surface area contributed by atoms with Gasteiger partial charge in [0.2, 0.25) is 0 Å². The number of nitrogens with zero attached hydrogens (tertiary/aromatic N) is 2. The molecule has 0 saturated carbocycles. The molecule has 1 aromatic rings. The van der Waals surface area contributed by atoms with Gasteiger partial charge in [0.05, 0.1) is 23.9 Å². The third kappa shape index (κ3) is 6.15. The van der Waals surface area contributed by atoms with E-state index in [2.05, 4.69) is 40.7 Å². The van der Waals surface area contributed by atoms with Crippen molar-refractivity contribution in [1.82, 2.24) is 10.6 Å². The molecule has 1 atom stereocenters. The van der Waals surface area contributed by atoms with E-state index in [-0.39, 0.29) is 0 Å². The van der Waals surface area contributed by atoms with Gasteiger partial charge in [-0.15, -0.1) is 0 Å². The number of halogens is 1. The van der Waals surface area contributed by atoms with Crippen LogP contribution in [0.3, 0.4) is 0 Å². The zero-order valence-electron chi connectivity index (χ0n) is 16.2. The fourth-order valence-corrected chi connectivity index (χ4v) is 3.89. The van der Waals surface area contributed by atoms with Gasteiger partial charge in [-0.3, -0.25) is 4.99 Å². The standard InChI is InChI=1S/C21H31ClN4O/c1-2-23-21(24-12-9-17-10-14-27-15-11-17)25-18-6-5-13-26(16-18)20-8-4-3-7-19(20)22/h3-4,7-8,10,18H,2,5-6,9,11-16H2,1H3,(H2,23,24,25). The van der Waals surface area contributed by atoms with Crippen molar-refractivity contribution in [3.05, 3.63) is 40.9 Å². The topological polar surface area (TPSA) is 48.9 Å². The molecule has 1 fully saturated rings. The van der Waals surface area contributed by atoms with E-state index in [1.165, 1.54) is 5.57 Å². The largest absolute Gasteiger partial charge is 0.377 e. The van der Waals surface area contributed by atoms with Gasteiger partial charge in [0, 0.05) is 32.2 Å². The second-order valence-electron chi connectivity index (χ2n) is 7.08. The van der Waals surface area contributed by atoms with E-state index >= 15 is 0 Å². The van der Waals surface area contributed by atoms with Crippen LogP contribution in [-0.2, 0) is 4.74 Å². The van der Waals surface area contributed by atoms with Gasteiger partial charge in [-0.2, -0.15) is 0 Å². The Morgan fingerprint density at radius 2 is 2.26 bits per heavy atom. The van der Waals surface area contributed by atoms with E-state index in [1.54, 1.807) is 0 Å². The molecular formula is C21H31ClN4O. The van der Waals surface area contributed by atoms with E-state index in [0.717, 1.165) is 81.7 Å². The first-order valence-electron chi connectivity index (χ1n) is 10.1. The summed E-state index contributed by atoms with van der Waals surface area (Å²) in [5.41, 5.74) is 2.59. The van der Waals surface area contributed by atoms with Crippen molar-refractivity contribution >= 4 is 23.2 Å². The normalized spacial score (nSPS) is 21.0. The first-order valence-corrected chi connectivity index (χ1v) is 10.4. The number of nitrogens with one attached hydrogen (secondary N) is 2. The van der Waals surface area contributed by atoms with E-state index in [4.69, 9.17) is 21.3 Å². The number of piperidine rings is 1. The molecule has 2 aliphatic heterocycles. The monoisotopic (exact) mass is 390 g/mol. The Balaban J connectivity index is 1.55. The average Bonchev–Trinajstić information content (AvgIpc) is 2.69. The van der Waals surface area contributed by atoms with Gasteiger partial charge in [0.1, 0.15) is 0 Å². The number of para-hydroxylation sites is 1. The highest BCUT2D eigenvalue weighted by molar-refractivity contribution is 6.33. The fraction of sp³-hybridized carbons (Fsp3) is 0.571. The number of benzene rings is 1. The number of ether oxygens (including phenoxy) is 1. The molecule has 1 unspecified atom stereocenters. The average molecular weight is 391 g/mol. The van der Waals surface area contributed by atoms with Gasteiger partial charge in [0.15, 0.2) is 5.96 Å². The smallest absolute Gasteiger partial charge is 0.191 e.